The van der Waals surface area contributed by atoms with Crippen molar-refractivity contribution in [3.05, 3.63) is 35.9 Å². The summed E-state index contributed by atoms with van der Waals surface area (Å²) < 4.78 is 10.7. The third-order valence-electron chi connectivity index (χ3n) is 6.25. The van der Waals surface area contributed by atoms with Gasteiger partial charge in [-0.1, -0.05) is 44.2 Å². The number of carboxylic acids is 1. The second-order valence-electron chi connectivity index (χ2n) is 11.1. The van der Waals surface area contributed by atoms with Crippen LogP contribution in [0.4, 0.5) is 0 Å². The number of aryl methyl sites for hydroxylation is 1. The van der Waals surface area contributed by atoms with E-state index in [1.165, 1.54) is 0 Å². The van der Waals surface area contributed by atoms with Crippen molar-refractivity contribution in [2.75, 3.05) is 39.6 Å². The molecule has 2 rings (SSSR count). The lowest BCUT2D eigenvalue weighted by atomic mass is 9.97. The third kappa shape index (κ3) is 10.4. The zero-order valence-electron chi connectivity index (χ0n) is 23.3. The predicted octanol–water partition coefficient (Wildman–Crippen LogP) is 2.31. The summed E-state index contributed by atoms with van der Waals surface area (Å²) in [5, 5.41) is 12.8. The topological polar surface area (TPSA) is 125 Å². The number of nitrogens with one attached hydrogen (secondary N) is 1. The number of hydrogen-bond donors (Lipinski definition) is 2. The number of hydrogen-bond acceptors (Lipinski definition) is 7. The predicted molar refractivity (Wildman–Crippen MR) is 142 cm³/mol. The van der Waals surface area contributed by atoms with Gasteiger partial charge in [0.15, 0.2) is 6.73 Å². The third-order valence-corrected chi connectivity index (χ3v) is 6.25. The fraction of sp³-hybridized carbons (Fsp3) is 0.643. The van der Waals surface area contributed by atoms with Crippen molar-refractivity contribution in [3.63, 3.8) is 0 Å². The molecule has 1 unspecified atom stereocenters. The van der Waals surface area contributed by atoms with Crippen LogP contribution in [0.3, 0.4) is 0 Å². The van der Waals surface area contributed by atoms with E-state index in [-0.39, 0.29) is 31.2 Å². The number of rotatable bonds is 13. The number of carboxylic acid groups (broad SMARTS) is 1. The van der Waals surface area contributed by atoms with Gasteiger partial charge in [0.1, 0.15) is 12.1 Å². The minimum absolute atomic E-state index is 0.0385. The van der Waals surface area contributed by atoms with Crippen molar-refractivity contribution in [1.29, 1.82) is 0 Å². The number of ether oxygens (including phenoxy) is 2. The van der Waals surface area contributed by atoms with Gasteiger partial charge in [-0.05, 0) is 51.5 Å². The van der Waals surface area contributed by atoms with Crippen molar-refractivity contribution in [1.82, 2.24) is 15.1 Å². The van der Waals surface area contributed by atoms with E-state index in [4.69, 9.17) is 9.47 Å². The van der Waals surface area contributed by atoms with Crippen LogP contribution in [0.5, 0.6) is 0 Å². The molecule has 1 aromatic rings. The maximum atomic E-state index is 13.9. The van der Waals surface area contributed by atoms with Crippen LogP contribution in [0, 0.1) is 11.3 Å². The molecule has 1 heterocycles. The molecule has 10 heteroatoms. The Morgan fingerprint density at radius 1 is 1.11 bits per heavy atom. The van der Waals surface area contributed by atoms with E-state index < -0.39 is 42.1 Å². The summed E-state index contributed by atoms with van der Waals surface area (Å²) >= 11 is 0. The van der Waals surface area contributed by atoms with E-state index >= 15 is 0 Å². The highest BCUT2D eigenvalue weighted by molar-refractivity contribution is 5.91. The van der Waals surface area contributed by atoms with Crippen molar-refractivity contribution >= 4 is 23.8 Å². The van der Waals surface area contributed by atoms with Crippen LogP contribution < -0.4 is 5.32 Å². The first kappa shape index (κ1) is 31.2. The number of amides is 2. The summed E-state index contributed by atoms with van der Waals surface area (Å²) in [5.74, 6) is -2.71. The largest absolute Gasteiger partial charge is 0.480 e. The molecule has 0 radical (unpaired) electrons. The monoisotopic (exact) mass is 533 g/mol. The molecule has 0 spiro atoms. The molecule has 1 aliphatic heterocycles. The van der Waals surface area contributed by atoms with Crippen molar-refractivity contribution < 1.29 is 33.8 Å². The van der Waals surface area contributed by atoms with E-state index in [1.54, 1.807) is 20.8 Å². The highest BCUT2D eigenvalue weighted by Crippen LogP contribution is 2.19. The Hall–Kier alpha value is -2.98. The van der Waals surface area contributed by atoms with Crippen LogP contribution in [-0.4, -0.2) is 90.3 Å². The molecule has 2 atom stereocenters. The molecule has 10 nitrogen and oxygen atoms in total. The smallest absolute Gasteiger partial charge is 0.326 e. The first-order valence-electron chi connectivity index (χ1n) is 13.2. The molecule has 38 heavy (non-hydrogen) atoms. The molecule has 1 saturated heterocycles. The number of morpholine rings is 1. The Morgan fingerprint density at radius 3 is 2.29 bits per heavy atom. The lowest BCUT2D eigenvalue weighted by molar-refractivity contribution is -0.169. The SMILES string of the molecule is CC(C)C[C@@H](C(=O)O)N(COC(=O)C(C)(C)C)C(=O)C(CCc1ccccc1)NC(=O)CN1CCOCC1. The van der Waals surface area contributed by atoms with Gasteiger partial charge in [-0.3, -0.25) is 24.2 Å². The van der Waals surface area contributed by atoms with Gasteiger partial charge in [0.05, 0.1) is 25.2 Å². The van der Waals surface area contributed by atoms with Crippen LogP contribution in [0.15, 0.2) is 30.3 Å². The lowest BCUT2D eigenvalue weighted by Crippen LogP contribution is -2.56. The van der Waals surface area contributed by atoms with Gasteiger partial charge in [-0.25, -0.2) is 4.79 Å². The van der Waals surface area contributed by atoms with E-state index in [0.29, 0.717) is 32.7 Å². The van der Waals surface area contributed by atoms with Gasteiger partial charge in [0.2, 0.25) is 11.8 Å². The minimum atomic E-state index is -1.22. The maximum absolute atomic E-state index is 13.9. The van der Waals surface area contributed by atoms with E-state index in [2.05, 4.69) is 5.32 Å². The fourth-order valence-corrected chi connectivity index (χ4v) is 4.08. The van der Waals surface area contributed by atoms with Crippen LogP contribution in [0.1, 0.15) is 53.0 Å². The summed E-state index contributed by atoms with van der Waals surface area (Å²) in [4.78, 5) is 54.7. The molecular weight excluding hydrogens is 490 g/mol. The van der Waals surface area contributed by atoms with E-state index in [0.717, 1.165) is 10.5 Å². The van der Waals surface area contributed by atoms with Crippen molar-refractivity contribution in [3.8, 4) is 0 Å². The van der Waals surface area contributed by atoms with Gasteiger partial charge in [-0.2, -0.15) is 0 Å². The zero-order chi connectivity index (χ0) is 28.3. The molecule has 0 bridgehead atoms. The fourth-order valence-electron chi connectivity index (χ4n) is 4.08. The summed E-state index contributed by atoms with van der Waals surface area (Å²) in [5.41, 5.74) is 0.153. The first-order chi connectivity index (χ1) is 17.9. The second-order valence-corrected chi connectivity index (χ2v) is 11.1. The van der Waals surface area contributed by atoms with Crippen LogP contribution in [-0.2, 0) is 35.1 Å². The number of esters is 1. The Labute approximate surface area is 225 Å². The molecule has 1 aliphatic rings. The summed E-state index contributed by atoms with van der Waals surface area (Å²) in [7, 11) is 0. The molecule has 212 valence electrons. The molecule has 0 aliphatic carbocycles. The lowest BCUT2D eigenvalue weighted by Gasteiger charge is -2.34. The molecular formula is C28H43N3O7. The zero-order valence-corrected chi connectivity index (χ0v) is 23.3. The quantitative estimate of drug-likeness (QED) is 0.292. The summed E-state index contributed by atoms with van der Waals surface area (Å²) in [6, 6.07) is 7.33. The number of nitrogens with zero attached hydrogens (tertiary/aromatic N) is 2. The molecule has 1 aromatic carbocycles. The van der Waals surface area contributed by atoms with Gasteiger partial charge in [-0.15, -0.1) is 0 Å². The van der Waals surface area contributed by atoms with E-state index in [9.17, 15) is 24.3 Å². The average molecular weight is 534 g/mol. The van der Waals surface area contributed by atoms with Crippen molar-refractivity contribution in [2.45, 2.75) is 66.0 Å². The average Bonchev–Trinajstić information content (AvgIpc) is 2.85. The molecule has 2 N–H and O–H groups in total. The van der Waals surface area contributed by atoms with Crippen LogP contribution in [0.25, 0.3) is 0 Å². The number of aliphatic carboxylic acids is 1. The summed E-state index contributed by atoms with van der Waals surface area (Å²) in [6.45, 7) is 10.6. The Balaban J connectivity index is 2.30. The van der Waals surface area contributed by atoms with Gasteiger partial charge in [0.25, 0.3) is 0 Å². The second kappa shape index (κ2) is 14.8. The van der Waals surface area contributed by atoms with Crippen LogP contribution >= 0.6 is 0 Å². The molecule has 1 fully saturated rings. The summed E-state index contributed by atoms with van der Waals surface area (Å²) in [6.07, 6.45) is 0.920. The van der Waals surface area contributed by atoms with Gasteiger partial charge < -0.3 is 19.9 Å². The number of carbonyl (C=O) groups is 4. The highest BCUT2D eigenvalue weighted by Gasteiger charge is 2.36. The normalized spacial score (nSPS) is 15.9. The number of benzene rings is 1. The maximum Gasteiger partial charge on any atom is 0.326 e. The molecule has 0 aromatic heterocycles. The molecule has 0 saturated carbocycles. The number of carbonyl (C=O) groups excluding carboxylic acids is 3. The Morgan fingerprint density at radius 2 is 1.74 bits per heavy atom. The Kier molecular flexibility index (Phi) is 12.2. The van der Waals surface area contributed by atoms with Gasteiger partial charge in [0, 0.05) is 13.1 Å². The Bertz CT molecular complexity index is 924. The van der Waals surface area contributed by atoms with Crippen molar-refractivity contribution in [2.24, 2.45) is 11.3 Å². The van der Waals surface area contributed by atoms with E-state index in [1.807, 2.05) is 49.1 Å². The molecule has 2 amide bonds. The first-order valence-corrected chi connectivity index (χ1v) is 13.2. The highest BCUT2D eigenvalue weighted by atomic mass is 16.5. The minimum Gasteiger partial charge on any atom is -0.480 e. The van der Waals surface area contributed by atoms with Gasteiger partial charge >= 0.3 is 11.9 Å². The standard InChI is InChI=1S/C28H43N3O7/c1-20(2)17-23(26(34)35)31(19-38-27(36)28(3,4)5)25(33)22(12-11-21-9-7-6-8-10-21)29-24(32)18-30-13-15-37-16-14-30/h6-10,20,22-23H,11-19H2,1-5H3,(H,29,32)(H,34,35)/t22?,23-/m0/s1. The van der Waals surface area contributed by atoms with Crippen LogP contribution in [0.2, 0.25) is 0 Å².